The van der Waals surface area contributed by atoms with E-state index in [-0.39, 0.29) is 6.01 Å². The van der Waals surface area contributed by atoms with Crippen LogP contribution < -0.4 is 14.2 Å². The van der Waals surface area contributed by atoms with Crippen molar-refractivity contribution < 1.29 is 18.6 Å². The minimum absolute atomic E-state index is 0.189. The SMILES string of the molecule is COc1ccc(-c2nc(OCCN3CCC(F)C3)nc3[nH]cc(C#N)c23)cc1OC. The molecule has 1 saturated heterocycles. The van der Waals surface area contributed by atoms with Gasteiger partial charge in [0, 0.05) is 31.4 Å². The third-order valence-corrected chi connectivity index (χ3v) is 5.14. The van der Waals surface area contributed by atoms with Crippen molar-refractivity contribution in [3.8, 4) is 34.8 Å². The van der Waals surface area contributed by atoms with Gasteiger partial charge in [-0.15, -0.1) is 0 Å². The Labute approximate surface area is 173 Å². The summed E-state index contributed by atoms with van der Waals surface area (Å²) in [6.45, 7) is 2.10. The third-order valence-electron chi connectivity index (χ3n) is 5.14. The number of alkyl halides is 1. The number of aromatic amines is 1. The highest BCUT2D eigenvalue weighted by Crippen LogP contribution is 2.35. The molecule has 1 fully saturated rings. The van der Waals surface area contributed by atoms with Gasteiger partial charge in [-0.3, -0.25) is 4.90 Å². The smallest absolute Gasteiger partial charge is 0.319 e. The van der Waals surface area contributed by atoms with E-state index in [4.69, 9.17) is 14.2 Å². The molecule has 30 heavy (non-hydrogen) atoms. The summed E-state index contributed by atoms with van der Waals surface area (Å²) in [6.07, 6.45) is 1.39. The molecule has 4 rings (SSSR count). The van der Waals surface area contributed by atoms with E-state index in [9.17, 15) is 9.65 Å². The number of fused-ring (bicyclic) bond motifs is 1. The molecule has 0 amide bonds. The van der Waals surface area contributed by atoms with Crippen molar-refractivity contribution in [1.29, 1.82) is 5.26 Å². The number of nitrogens with zero attached hydrogens (tertiary/aromatic N) is 4. The second-order valence-electron chi connectivity index (χ2n) is 7.00. The van der Waals surface area contributed by atoms with Gasteiger partial charge in [-0.25, -0.2) is 4.39 Å². The molecule has 156 valence electrons. The van der Waals surface area contributed by atoms with Crippen molar-refractivity contribution in [1.82, 2.24) is 19.9 Å². The zero-order valence-corrected chi connectivity index (χ0v) is 16.8. The maximum Gasteiger partial charge on any atom is 0.319 e. The summed E-state index contributed by atoms with van der Waals surface area (Å²) in [5.74, 6) is 1.14. The molecular weight excluding hydrogens is 389 g/mol. The van der Waals surface area contributed by atoms with Crippen LogP contribution in [0.1, 0.15) is 12.0 Å². The Morgan fingerprint density at radius 2 is 2.10 bits per heavy atom. The summed E-state index contributed by atoms with van der Waals surface area (Å²) in [5.41, 5.74) is 2.23. The fourth-order valence-electron chi connectivity index (χ4n) is 3.61. The van der Waals surface area contributed by atoms with Crippen molar-refractivity contribution >= 4 is 11.0 Å². The van der Waals surface area contributed by atoms with E-state index in [1.165, 1.54) is 0 Å². The van der Waals surface area contributed by atoms with Crippen molar-refractivity contribution in [3.63, 3.8) is 0 Å². The Morgan fingerprint density at radius 3 is 2.80 bits per heavy atom. The molecule has 0 radical (unpaired) electrons. The lowest BCUT2D eigenvalue weighted by Crippen LogP contribution is -2.26. The Bertz CT molecular complexity index is 1090. The molecule has 1 N–H and O–H groups in total. The van der Waals surface area contributed by atoms with Crippen LogP contribution >= 0.6 is 0 Å². The minimum Gasteiger partial charge on any atom is -0.493 e. The fraction of sp³-hybridized carbons (Fsp3) is 0.381. The largest absolute Gasteiger partial charge is 0.493 e. The highest BCUT2D eigenvalue weighted by molar-refractivity contribution is 5.95. The molecular formula is C21H22FN5O3. The van der Waals surface area contributed by atoms with Crippen LogP contribution in [0.4, 0.5) is 4.39 Å². The van der Waals surface area contributed by atoms with Gasteiger partial charge in [-0.05, 0) is 24.6 Å². The number of likely N-dealkylation sites (tertiary alicyclic amines) is 1. The Balaban J connectivity index is 1.67. The van der Waals surface area contributed by atoms with Crippen LogP contribution in [0.15, 0.2) is 24.4 Å². The number of nitrogens with one attached hydrogen (secondary N) is 1. The van der Waals surface area contributed by atoms with Crippen LogP contribution in [0.2, 0.25) is 0 Å². The van der Waals surface area contributed by atoms with Crippen LogP contribution in [-0.4, -0.2) is 66.5 Å². The van der Waals surface area contributed by atoms with E-state index in [2.05, 4.69) is 21.0 Å². The molecule has 3 heterocycles. The topological polar surface area (TPSA) is 96.3 Å². The Kier molecular flexibility index (Phi) is 5.68. The molecule has 1 aliphatic rings. The Hall–Kier alpha value is -3.38. The van der Waals surface area contributed by atoms with E-state index >= 15 is 0 Å². The highest BCUT2D eigenvalue weighted by Gasteiger charge is 2.22. The first-order chi connectivity index (χ1) is 14.6. The maximum absolute atomic E-state index is 13.3. The molecule has 3 aromatic rings. The van der Waals surface area contributed by atoms with Gasteiger partial charge in [0.15, 0.2) is 11.5 Å². The molecule has 1 aromatic carbocycles. The number of benzene rings is 1. The zero-order valence-electron chi connectivity index (χ0n) is 16.8. The summed E-state index contributed by atoms with van der Waals surface area (Å²) < 4.78 is 29.8. The van der Waals surface area contributed by atoms with Crippen molar-refractivity contribution in [3.05, 3.63) is 30.0 Å². The lowest BCUT2D eigenvalue weighted by atomic mass is 10.1. The third kappa shape index (κ3) is 3.86. The molecule has 8 nitrogen and oxygen atoms in total. The van der Waals surface area contributed by atoms with Crippen LogP contribution in [0.5, 0.6) is 17.5 Å². The molecule has 9 heteroatoms. The van der Waals surface area contributed by atoms with Gasteiger partial charge < -0.3 is 19.2 Å². The molecule has 0 spiro atoms. The second-order valence-corrected chi connectivity index (χ2v) is 7.00. The lowest BCUT2D eigenvalue weighted by molar-refractivity contribution is 0.215. The second kappa shape index (κ2) is 8.55. The number of hydrogen-bond acceptors (Lipinski definition) is 7. The summed E-state index contributed by atoms with van der Waals surface area (Å²) in [4.78, 5) is 14.0. The molecule has 0 saturated carbocycles. The standard InChI is InChI=1S/C21H22FN5O3/c1-28-16-4-3-13(9-17(16)29-2)19-18-14(10-23)11-24-20(18)26-21(25-19)30-8-7-27-6-5-15(22)12-27/h3-4,9,11,15H,5-8,12H2,1-2H3,(H,24,25,26). The number of nitriles is 1. The quantitative estimate of drug-likeness (QED) is 0.638. The van der Waals surface area contributed by atoms with Crippen LogP contribution in [0.25, 0.3) is 22.3 Å². The molecule has 2 aromatic heterocycles. The van der Waals surface area contributed by atoms with Crippen LogP contribution in [-0.2, 0) is 0 Å². The van der Waals surface area contributed by atoms with E-state index in [0.717, 1.165) is 12.1 Å². The minimum atomic E-state index is -0.766. The summed E-state index contributed by atoms with van der Waals surface area (Å²) in [6, 6.07) is 7.77. The molecule has 1 atom stereocenters. The number of halogens is 1. The van der Waals surface area contributed by atoms with Gasteiger partial charge in [-0.1, -0.05) is 0 Å². The van der Waals surface area contributed by atoms with Gasteiger partial charge >= 0.3 is 6.01 Å². The predicted molar refractivity (Wildman–Crippen MR) is 109 cm³/mol. The number of ether oxygens (including phenoxy) is 3. The number of hydrogen-bond donors (Lipinski definition) is 1. The molecule has 1 unspecified atom stereocenters. The van der Waals surface area contributed by atoms with Crippen molar-refractivity contribution in [2.45, 2.75) is 12.6 Å². The van der Waals surface area contributed by atoms with Gasteiger partial charge in [0.05, 0.1) is 30.9 Å². The van der Waals surface area contributed by atoms with Gasteiger partial charge in [0.2, 0.25) is 0 Å². The fourth-order valence-corrected chi connectivity index (χ4v) is 3.61. The van der Waals surface area contributed by atoms with E-state index in [0.29, 0.717) is 59.9 Å². The predicted octanol–water partition coefficient (Wildman–Crippen LogP) is 2.94. The van der Waals surface area contributed by atoms with Gasteiger partial charge in [0.1, 0.15) is 24.5 Å². The first kappa shape index (κ1) is 19.9. The Morgan fingerprint density at radius 1 is 1.27 bits per heavy atom. The van der Waals surface area contributed by atoms with Crippen molar-refractivity contribution in [2.75, 3.05) is 40.5 Å². The summed E-state index contributed by atoms with van der Waals surface area (Å²) >= 11 is 0. The van der Waals surface area contributed by atoms with Gasteiger partial charge in [-0.2, -0.15) is 15.2 Å². The molecule has 0 bridgehead atoms. The monoisotopic (exact) mass is 411 g/mol. The van der Waals surface area contributed by atoms with Crippen molar-refractivity contribution in [2.24, 2.45) is 0 Å². The molecule has 1 aliphatic heterocycles. The number of rotatable bonds is 7. The first-order valence-electron chi connectivity index (χ1n) is 9.63. The average Bonchev–Trinajstić information content (AvgIpc) is 3.38. The average molecular weight is 411 g/mol. The number of H-pyrrole nitrogens is 1. The van der Waals surface area contributed by atoms with E-state index < -0.39 is 6.17 Å². The zero-order chi connectivity index (χ0) is 21.1. The van der Waals surface area contributed by atoms with Crippen LogP contribution in [0, 0.1) is 11.3 Å². The highest BCUT2D eigenvalue weighted by atomic mass is 19.1. The van der Waals surface area contributed by atoms with Gasteiger partial charge in [0.25, 0.3) is 0 Å². The van der Waals surface area contributed by atoms with E-state index in [1.54, 1.807) is 32.5 Å². The van der Waals surface area contributed by atoms with Crippen LogP contribution in [0.3, 0.4) is 0 Å². The lowest BCUT2D eigenvalue weighted by Gasteiger charge is -2.15. The van der Waals surface area contributed by atoms with E-state index in [1.807, 2.05) is 11.0 Å². The normalized spacial score (nSPS) is 16.5. The maximum atomic E-state index is 13.3. The molecule has 0 aliphatic carbocycles. The summed E-state index contributed by atoms with van der Waals surface area (Å²) in [5, 5.41) is 10.1. The first-order valence-corrected chi connectivity index (χ1v) is 9.63. The summed E-state index contributed by atoms with van der Waals surface area (Å²) in [7, 11) is 3.13. The number of aromatic nitrogens is 3. The number of methoxy groups -OCH3 is 2.